The third-order valence-electron chi connectivity index (χ3n) is 6.10. The molecule has 2 heterocycles. The molecule has 2 N–H and O–H groups in total. The first-order valence-electron chi connectivity index (χ1n) is 12.1. The number of halogens is 2. The normalized spacial score (nSPS) is 16.4. The van der Waals surface area contributed by atoms with E-state index in [-0.39, 0.29) is 36.1 Å². The van der Waals surface area contributed by atoms with E-state index in [0.717, 1.165) is 25.0 Å². The van der Waals surface area contributed by atoms with Crippen molar-refractivity contribution in [2.45, 2.75) is 45.7 Å². The molecule has 1 unspecified atom stereocenters. The minimum atomic E-state index is -0.907. The molecular formula is C26H30F2N4O4. The number of aromatic nitrogens is 2. The van der Waals surface area contributed by atoms with Gasteiger partial charge < -0.3 is 20.1 Å². The minimum Gasteiger partial charge on any atom is -0.453 e. The van der Waals surface area contributed by atoms with E-state index in [2.05, 4.69) is 10.4 Å². The van der Waals surface area contributed by atoms with E-state index in [1.54, 1.807) is 27.9 Å². The van der Waals surface area contributed by atoms with Crippen molar-refractivity contribution in [3.05, 3.63) is 53.7 Å². The van der Waals surface area contributed by atoms with Gasteiger partial charge in [0, 0.05) is 31.1 Å². The Morgan fingerprint density at radius 3 is 2.75 bits per heavy atom. The van der Waals surface area contributed by atoms with Crippen LogP contribution in [0.3, 0.4) is 0 Å². The van der Waals surface area contributed by atoms with Gasteiger partial charge in [-0.3, -0.25) is 14.3 Å². The predicted octanol–water partition coefficient (Wildman–Crippen LogP) is 3.87. The first kappa shape index (κ1) is 25.6. The van der Waals surface area contributed by atoms with E-state index in [4.69, 9.17) is 4.74 Å². The van der Waals surface area contributed by atoms with Crippen LogP contribution >= 0.6 is 0 Å². The van der Waals surface area contributed by atoms with Crippen molar-refractivity contribution in [3.63, 3.8) is 0 Å². The topological polar surface area (TPSA) is 96.7 Å². The number of carbonyl (C=O) groups is 2. The number of aliphatic hydroxyl groups is 1. The van der Waals surface area contributed by atoms with E-state index in [1.165, 1.54) is 0 Å². The number of ether oxygens (including phenoxy) is 1. The number of amides is 2. The second-order valence-electron chi connectivity index (χ2n) is 9.38. The molecule has 3 aromatic rings. The highest BCUT2D eigenvalue weighted by Crippen LogP contribution is 2.32. The zero-order chi connectivity index (χ0) is 25.8. The lowest BCUT2D eigenvalue weighted by Crippen LogP contribution is -2.48. The summed E-state index contributed by atoms with van der Waals surface area (Å²) in [6.07, 6.45) is 3.61. The Morgan fingerprint density at radius 1 is 1.22 bits per heavy atom. The number of carbonyl (C=O) groups excluding carboxylic acids is 2. The fourth-order valence-corrected chi connectivity index (χ4v) is 4.35. The van der Waals surface area contributed by atoms with Gasteiger partial charge in [-0.15, -0.1) is 0 Å². The Kier molecular flexibility index (Phi) is 7.83. The maximum Gasteiger partial charge on any atom is 0.255 e. The van der Waals surface area contributed by atoms with Crippen LogP contribution in [0.15, 0.2) is 36.5 Å². The molecule has 0 saturated carbocycles. The minimum absolute atomic E-state index is 0.0582. The van der Waals surface area contributed by atoms with Gasteiger partial charge >= 0.3 is 0 Å². The average Bonchev–Trinajstić information content (AvgIpc) is 3.12. The first-order valence-corrected chi connectivity index (χ1v) is 12.1. The molecule has 1 fully saturated rings. The average molecular weight is 501 g/mol. The van der Waals surface area contributed by atoms with Gasteiger partial charge in [-0.1, -0.05) is 13.8 Å². The maximum atomic E-state index is 14.4. The van der Waals surface area contributed by atoms with Gasteiger partial charge in [0.2, 0.25) is 5.91 Å². The summed E-state index contributed by atoms with van der Waals surface area (Å²) in [6.45, 7) is 5.27. The summed E-state index contributed by atoms with van der Waals surface area (Å²) in [5.74, 6) is -2.35. The summed E-state index contributed by atoms with van der Waals surface area (Å²) in [7, 11) is 0. The van der Waals surface area contributed by atoms with E-state index >= 15 is 0 Å². The van der Waals surface area contributed by atoms with Crippen molar-refractivity contribution < 1.29 is 28.2 Å². The summed E-state index contributed by atoms with van der Waals surface area (Å²) in [4.78, 5) is 28.0. The molecule has 1 aliphatic heterocycles. The van der Waals surface area contributed by atoms with Crippen molar-refractivity contribution in [2.24, 2.45) is 5.92 Å². The van der Waals surface area contributed by atoms with Crippen LogP contribution < -0.4 is 10.1 Å². The Morgan fingerprint density at radius 2 is 2.03 bits per heavy atom. The third kappa shape index (κ3) is 5.64. The molecule has 2 amide bonds. The zero-order valence-corrected chi connectivity index (χ0v) is 20.3. The lowest BCUT2D eigenvalue weighted by atomic mass is 10.1. The summed E-state index contributed by atoms with van der Waals surface area (Å²) < 4.78 is 35.3. The Hall–Kier alpha value is -3.53. The van der Waals surface area contributed by atoms with Gasteiger partial charge in [-0.05, 0) is 49.4 Å². The van der Waals surface area contributed by atoms with Crippen LogP contribution in [0.25, 0.3) is 10.9 Å². The number of rotatable bonds is 8. The number of likely N-dealkylation sites (tertiary alicyclic amines) is 1. The van der Waals surface area contributed by atoms with Crippen molar-refractivity contribution in [3.8, 4) is 11.5 Å². The number of hydrogen-bond acceptors (Lipinski definition) is 5. The molecule has 36 heavy (non-hydrogen) atoms. The van der Waals surface area contributed by atoms with Gasteiger partial charge in [0.05, 0.1) is 23.9 Å². The SMILES string of the molecule is CC(C)Cn1ncc2cc(Oc3ccc(F)cc3F)c(C(=O)NC3CCCCN(CCO)C3=O)cc21. The fraction of sp³-hybridized carbons (Fsp3) is 0.423. The van der Waals surface area contributed by atoms with E-state index in [0.29, 0.717) is 42.4 Å². The van der Waals surface area contributed by atoms with Crippen LogP contribution in [0.4, 0.5) is 8.78 Å². The second-order valence-corrected chi connectivity index (χ2v) is 9.38. The van der Waals surface area contributed by atoms with Gasteiger partial charge in [0.1, 0.15) is 17.6 Å². The quantitative estimate of drug-likeness (QED) is 0.490. The molecule has 0 bridgehead atoms. The summed E-state index contributed by atoms with van der Waals surface area (Å²) in [6, 6.07) is 5.36. The summed E-state index contributed by atoms with van der Waals surface area (Å²) in [5, 5.41) is 17.2. The Balaban J connectivity index is 1.71. The Bertz CT molecular complexity index is 1260. The van der Waals surface area contributed by atoms with Crippen LogP contribution in [0.1, 0.15) is 43.5 Å². The summed E-state index contributed by atoms with van der Waals surface area (Å²) >= 11 is 0. The van der Waals surface area contributed by atoms with Crippen LogP contribution in [0, 0.1) is 17.6 Å². The van der Waals surface area contributed by atoms with Gasteiger partial charge in [-0.25, -0.2) is 8.78 Å². The lowest BCUT2D eigenvalue weighted by Gasteiger charge is -2.24. The van der Waals surface area contributed by atoms with Crippen molar-refractivity contribution >= 4 is 22.7 Å². The number of nitrogens with zero attached hydrogens (tertiary/aromatic N) is 3. The van der Waals surface area contributed by atoms with Crippen LogP contribution in [0.5, 0.6) is 11.5 Å². The molecule has 2 aromatic carbocycles. The van der Waals surface area contributed by atoms with E-state index in [9.17, 15) is 23.5 Å². The molecule has 4 rings (SSSR count). The monoisotopic (exact) mass is 500 g/mol. The lowest BCUT2D eigenvalue weighted by molar-refractivity contribution is -0.133. The van der Waals surface area contributed by atoms with Crippen molar-refractivity contribution in [1.29, 1.82) is 0 Å². The highest BCUT2D eigenvalue weighted by atomic mass is 19.1. The smallest absolute Gasteiger partial charge is 0.255 e. The Labute approximate surface area is 207 Å². The molecule has 10 heteroatoms. The van der Waals surface area contributed by atoms with Crippen LogP contribution in [-0.4, -0.2) is 57.3 Å². The molecule has 1 saturated heterocycles. The maximum absolute atomic E-state index is 14.4. The van der Waals surface area contributed by atoms with E-state index < -0.39 is 23.6 Å². The van der Waals surface area contributed by atoms with E-state index in [1.807, 2.05) is 13.8 Å². The van der Waals surface area contributed by atoms with Crippen LogP contribution in [0.2, 0.25) is 0 Å². The molecule has 192 valence electrons. The first-order chi connectivity index (χ1) is 17.3. The number of aliphatic hydroxyl groups excluding tert-OH is 1. The van der Waals surface area contributed by atoms with Gasteiger partial charge in [-0.2, -0.15) is 5.10 Å². The number of hydrogen-bond donors (Lipinski definition) is 2. The van der Waals surface area contributed by atoms with Gasteiger partial charge in [0.25, 0.3) is 5.91 Å². The van der Waals surface area contributed by atoms with Crippen molar-refractivity contribution in [1.82, 2.24) is 20.0 Å². The number of benzene rings is 2. The molecule has 1 atom stereocenters. The molecule has 8 nitrogen and oxygen atoms in total. The summed E-state index contributed by atoms with van der Waals surface area (Å²) in [5.41, 5.74) is 0.789. The zero-order valence-electron chi connectivity index (χ0n) is 20.3. The number of nitrogens with one attached hydrogen (secondary N) is 1. The number of fused-ring (bicyclic) bond motifs is 1. The molecule has 0 spiro atoms. The third-order valence-corrected chi connectivity index (χ3v) is 6.10. The highest BCUT2D eigenvalue weighted by Gasteiger charge is 2.29. The second kappa shape index (κ2) is 11.0. The number of β-amino-alcohol motifs (C(OH)–C–C–N with tert-alkyl or cyclic N) is 1. The standard InChI is InChI=1S/C26H30F2N4O4/c1-16(2)15-32-22-13-19(25(34)30-21-5-3-4-8-31(9-10-33)26(21)35)24(11-17(22)14-29-32)36-23-7-6-18(27)12-20(23)28/h6-7,11-14,16,21,33H,3-5,8-10,15H2,1-2H3,(H,30,34). The molecule has 0 radical (unpaired) electrons. The molecule has 1 aliphatic rings. The molecule has 0 aliphatic carbocycles. The fourth-order valence-electron chi connectivity index (χ4n) is 4.35. The molecular weight excluding hydrogens is 470 g/mol. The van der Waals surface area contributed by atoms with Gasteiger partial charge in [0.15, 0.2) is 11.6 Å². The highest BCUT2D eigenvalue weighted by molar-refractivity contribution is 6.03. The van der Waals surface area contributed by atoms with Crippen LogP contribution in [-0.2, 0) is 11.3 Å². The molecule has 1 aromatic heterocycles. The van der Waals surface area contributed by atoms with Crippen molar-refractivity contribution in [2.75, 3.05) is 19.7 Å². The predicted molar refractivity (Wildman–Crippen MR) is 130 cm³/mol. The largest absolute Gasteiger partial charge is 0.453 e.